The SMILES string of the molecule is Cc1ncc(Oc2ccc(Br)cc2C(=O)O)nc1C. The van der Waals surface area contributed by atoms with E-state index in [1.165, 1.54) is 12.3 Å². The largest absolute Gasteiger partial charge is 0.478 e. The Labute approximate surface area is 118 Å². The Bertz CT molecular complexity index is 644. The molecule has 0 saturated carbocycles. The third-order valence-corrected chi connectivity index (χ3v) is 3.05. The molecular weight excluding hydrogens is 312 g/mol. The number of carbonyl (C=O) groups is 1. The molecule has 0 bridgehead atoms. The van der Waals surface area contributed by atoms with E-state index >= 15 is 0 Å². The molecule has 0 fully saturated rings. The molecule has 2 aromatic rings. The third kappa shape index (κ3) is 3.08. The molecule has 0 amide bonds. The van der Waals surface area contributed by atoms with Crippen LogP contribution in [0.2, 0.25) is 0 Å². The number of carboxylic acid groups (broad SMARTS) is 1. The number of aromatic carboxylic acids is 1. The monoisotopic (exact) mass is 322 g/mol. The average molecular weight is 323 g/mol. The lowest BCUT2D eigenvalue weighted by Crippen LogP contribution is -2.02. The Morgan fingerprint density at radius 3 is 2.68 bits per heavy atom. The van der Waals surface area contributed by atoms with E-state index in [2.05, 4.69) is 25.9 Å². The standard InChI is InChI=1S/C13H11BrN2O3/c1-7-8(2)16-12(6-15-7)19-11-4-3-9(14)5-10(11)13(17)18/h3-6H,1-2H3,(H,17,18). The van der Waals surface area contributed by atoms with Crippen molar-refractivity contribution in [3.63, 3.8) is 0 Å². The number of aromatic nitrogens is 2. The van der Waals surface area contributed by atoms with Crippen molar-refractivity contribution < 1.29 is 14.6 Å². The molecule has 2 rings (SSSR count). The minimum absolute atomic E-state index is 0.0643. The molecule has 5 nitrogen and oxygen atoms in total. The van der Waals surface area contributed by atoms with Gasteiger partial charge in [0.05, 0.1) is 17.6 Å². The summed E-state index contributed by atoms with van der Waals surface area (Å²) in [5.41, 5.74) is 1.61. The first kappa shape index (κ1) is 13.5. The Morgan fingerprint density at radius 1 is 1.32 bits per heavy atom. The maximum atomic E-state index is 11.1. The van der Waals surface area contributed by atoms with Crippen molar-refractivity contribution in [3.8, 4) is 11.6 Å². The van der Waals surface area contributed by atoms with Crippen molar-refractivity contribution in [1.82, 2.24) is 9.97 Å². The molecule has 6 heteroatoms. The maximum Gasteiger partial charge on any atom is 0.339 e. The molecule has 0 atom stereocenters. The zero-order chi connectivity index (χ0) is 14.0. The lowest BCUT2D eigenvalue weighted by Gasteiger charge is -2.09. The molecule has 0 aliphatic heterocycles. The number of nitrogens with zero attached hydrogens (tertiary/aromatic N) is 2. The summed E-state index contributed by atoms with van der Waals surface area (Å²) in [7, 11) is 0. The number of benzene rings is 1. The molecule has 1 N–H and O–H groups in total. The van der Waals surface area contributed by atoms with Gasteiger partial charge in [0.2, 0.25) is 5.88 Å². The smallest absolute Gasteiger partial charge is 0.339 e. The molecule has 0 unspecified atom stereocenters. The minimum atomic E-state index is -1.06. The fraction of sp³-hybridized carbons (Fsp3) is 0.154. The molecule has 0 aliphatic rings. The molecule has 0 radical (unpaired) electrons. The van der Waals surface area contributed by atoms with Crippen LogP contribution in [0, 0.1) is 13.8 Å². The van der Waals surface area contributed by atoms with Gasteiger partial charge in [0.25, 0.3) is 0 Å². The molecule has 0 saturated heterocycles. The predicted octanol–water partition coefficient (Wildman–Crippen LogP) is 3.35. The second-order valence-corrected chi connectivity index (χ2v) is 4.84. The van der Waals surface area contributed by atoms with E-state index in [-0.39, 0.29) is 17.2 Å². The first-order valence-corrected chi connectivity index (χ1v) is 6.27. The van der Waals surface area contributed by atoms with E-state index in [4.69, 9.17) is 9.84 Å². The van der Waals surface area contributed by atoms with E-state index < -0.39 is 5.97 Å². The molecule has 1 aromatic heterocycles. The molecular formula is C13H11BrN2O3. The zero-order valence-corrected chi connectivity index (χ0v) is 11.9. The minimum Gasteiger partial charge on any atom is -0.478 e. The first-order valence-electron chi connectivity index (χ1n) is 5.48. The Hall–Kier alpha value is -1.95. The summed E-state index contributed by atoms with van der Waals surface area (Å²) in [4.78, 5) is 19.5. The molecule has 1 aromatic carbocycles. The predicted molar refractivity (Wildman–Crippen MR) is 72.7 cm³/mol. The fourth-order valence-electron chi connectivity index (χ4n) is 1.44. The summed E-state index contributed by atoms with van der Waals surface area (Å²) in [6, 6.07) is 4.76. The van der Waals surface area contributed by atoms with Crippen LogP contribution < -0.4 is 4.74 Å². The third-order valence-electron chi connectivity index (χ3n) is 2.56. The number of aryl methyl sites for hydroxylation is 2. The zero-order valence-electron chi connectivity index (χ0n) is 10.3. The van der Waals surface area contributed by atoms with Crippen molar-refractivity contribution in [1.29, 1.82) is 0 Å². The van der Waals surface area contributed by atoms with Gasteiger partial charge in [-0.2, -0.15) is 0 Å². The van der Waals surface area contributed by atoms with E-state index in [0.29, 0.717) is 4.47 Å². The van der Waals surface area contributed by atoms with Crippen LogP contribution in [0.1, 0.15) is 21.7 Å². The Kier molecular flexibility index (Phi) is 3.80. The van der Waals surface area contributed by atoms with Crippen LogP contribution in [0.5, 0.6) is 11.6 Å². The summed E-state index contributed by atoms with van der Waals surface area (Å²) in [6.07, 6.45) is 1.47. The lowest BCUT2D eigenvalue weighted by atomic mass is 10.2. The molecule has 1 heterocycles. The van der Waals surface area contributed by atoms with E-state index in [0.717, 1.165) is 11.4 Å². The van der Waals surface area contributed by atoms with Crippen LogP contribution >= 0.6 is 15.9 Å². The quantitative estimate of drug-likeness (QED) is 0.938. The molecule has 19 heavy (non-hydrogen) atoms. The van der Waals surface area contributed by atoms with Crippen LogP contribution in [0.4, 0.5) is 0 Å². The van der Waals surface area contributed by atoms with E-state index in [9.17, 15) is 4.79 Å². The van der Waals surface area contributed by atoms with E-state index in [1.54, 1.807) is 12.1 Å². The normalized spacial score (nSPS) is 10.3. The highest BCUT2D eigenvalue weighted by molar-refractivity contribution is 9.10. The summed E-state index contributed by atoms with van der Waals surface area (Å²) in [5, 5.41) is 9.13. The summed E-state index contributed by atoms with van der Waals surface area (Å²) in [6.45, 7) is 3.66. The maximum absolute atomic E-state index is 11.1. The van der Waals surface area contributed by atoms with Crippen molar-refractivity contribution in [2.75, 3.05) is 0 Å². The number of carboxylic acids is 1. The average Bonchev–Trinajstić information content (AvgIpc) is 2.36. The number of rotatable bonds is 3. The number of halogens is 1. The molecule has 98 valence electrons. The van der Waals surface area contributed by atoms with Crippen LogP contribution in [0.15, 0.2) is 28.9 Å². The van der Waals surface area contributed by atoms with Crippen LogP contribution in [-0.2, 0) is 0 Å². The summed E-state index contributed by atoms with van der Waals surface area (Å²) < 4.78 is 6.16. The Balaban J connectivity index is 2.37. The topological polar surface area (TPSA) is 72.3 Å². The van der Waals surface area contributed by atoms with Gasteiger partial charge in [-0.15, -0.1) is 0 Å². The van der Waals surface area contributed by atoms with Crippen molar-refractivity contribution >= 4 is 21.9 Å². The first-order chi connectivity index (χ1) is 8.97. The number of ether oxygens (including phenoxy) is 1. The van der Waals surface area contributed by atoms with Crippen molar-refractivity contribution in [3.05, 3.63) is 45.8 Å². The van der Waals surface area contributed by atoms with Crippen LogP contribution in [0.3, 0.4) is 0 Å². The number of hydrogen-bond acceptors (Lipinski definition) is 4. The molecule has 0 aliphatic carbocycles. The highest BCUT2D eigenvalue weighted by Crippen LogP contribution is 2.27. The summed E-state index contributed by atoms with van der Waals surface area (Å²) in [5.74, 6) is -0.561. The lowest BCUT2D eigenvalue weighted by molar-refractivity contribution is 0.0694. The van der Waals surface area contributed by atoms with E-state index in [1.807, 2.05) is 13.8 Å². The van der Waals surface area contributed by atoms with Gasteiger partial charge in [0, 0.05) is 4.47 Å². The molecule has 0 spiro atoms. The van der Waals surface area contributed by atoms with Gasteiger partial charge in [-0.05, 0) is 32.0 Å². The van der Waals surface area contributed by atoms with Gasteiger partial charge in [-0.1, -0.05) is 15.9 Å². The van der Waals surface area contributed by atoms with Gasteiger partial charge >= 0.3 is 5.97 Å². The Morgan fingerprint density at radius 2 is 2.05 bits per heavy atom. The second-order valence-electron chi connectivity index (χ2n) is 3.93. The number of hydrogen-bond donors (Lipinski definition) is 1. The van der Waals surface area contributed by atoms with Gasteiger partial charge in [-0.25, -0.2) is 9.78 Å². The van der Waals surface area contributed by atoms with Crippen LogP contribution in [-0.4, -0.2) is 21.0 Å². The highest BCUT2D eigenvalue weighted by atomic mass is 79.9. The summed E-state index contributed by atoms with van der Waals surface area (Å²) >= 11 is 3.22. The fourth-order valence-corrected chi connectivity index (χ4v) is 1.80. The van der Waals surface area contributed by atoms with Crippen molar-refractivity contribution in [2.45, 2.75) is 13.8 Å². The highest BCUT2D eigenvalue weighted by Gasteiger charge is 2.13. The van der Waals surface area contributed by atoms with Gasteiger partial charge < -0.3 is 9.84 Å². The van der Waals surface area contributed by atoms with Crippen LogP contribution in [0.25, 0.3) is 0 Å². The van der Waals surface area contributed by atoms with Gasteiger partial charge in [-0.3, -0.25) is 4.98 Å². The second kappa shape index (κ2) is 5.36. The van der Waals surface area contributed by atoms with Gasteiger partial charge in [0.1, 0.15) is 11.3 Å². The van der Waals surface area contributed by atoms with Gasteiger partial charge in [0.15, 0.2) is 0 Å². The van der Waals surface area contributed by atoms with Crippen molar-refractivity contribution in [2.24, 2.45) is 0 Å².